The smallest absolute Gasteiger partial charge is 0.0794 e. The molecule has 0 amide bonds. The van der Waals surface area contributed by atoms with Gasteiger partial charge in [0.2, 0.25) is 0 Å². The quantitative estimate of drug-likeness (QED) is 0.727. The summed E-state index contributed by atoms with van der Waals surface area (Å²) in [6, 6.07) is 0.584. The average Bonchev–Trinajstić information content (AvgIpc) is 2.97. The standard InChI is InChI=1S/C18H32N2S/c1-4-5-6-16-7-9-18(10-8-16,13-20-15(2)3)11-17-12-19-14-21-17/h12,14-16,20H,4-11,13H2,1-3H3. The van der Waals surface area contributed by atoms with Gasteiger partial charge in [-0.15, -0.1) is 11.3 Å². The van der Waals surface area contributed by atoms with Crippen molar-refractivity contribution < 1.29 is 0 Å². The van der Waals surface area contributed by atoms with Crippen molar-refractivity contribution in [2.45, 2.75) is 78.2 Å². The van der Waals surface area contributed by atoms with Gasteiger partial charge in [-0.05, 0) is 43.4 Å². The van der Waals surface area contributed by atoms with E-state index in [2.05, 4.69) is 37.3 Å². The maximum atomic E-state index is 4.27. The molecule has 1 aliphatic rings. The van der Waals surface area contributed by atoms with Crippen LogP contribution in [-0.2, 0) is 6.42 Å². The lowest BCUT2D eigenvalue weighted by atomic mass is 9.67. The third-order valence-electron chi connectivity index (χ3n) is 5.05. The van der Waals surface area contributed by atoms with Crippen molar-refractivity contribution in [3.8, 4) is 0 Å². The lowest BCUT2D eigenvalue weighted by Crippen LogP contribution is -2.41. The highest BCUT2D eigenvalue weighted by molar-refractivity contribution is 7.09. The Labute approximate surface area is 134 Å². The number of nitrogens with one attached hydrogen (secondary N) is 1. The Balaban J connectivity index is 1.94. The van der Waals surface area contributed by atoms with Crippen molar-refractivity contribution >= 4 is 11.3 Å². The fourth-order valence-corrected chi connectivity index (χ4v) is 4.38. The minimum absolute atomic E-state index is 0.472. The van der Waals surface area contributed by atoms with E-state index in [4.69, 9.17) is 0 Å². The predicted octanol–water partition coefficient (Wildman–Crippen LogP) is 5.05. The molecule has 1 N–H and O–H groups in total. The first-order valence-electron chi connectivity index (χ1n) is 8.74. The molecule has 2 rings (SSSR count). The van der Waals surface area contributed by atoms with Crippen molar-refractivity contribution in [1.82, 2.24) is 10.3 Å². The van der Waals surface area contributed by atoms with E-state index < -0.39 is 0 Å². The molecule has 21 heavy (non-hydrogen) atoms. The topological polar surface area (TPSA) is 24.9 Å². The Morgan fingerprint density at radius 3 is 2.71 bits per heavy atom. The summed E-state index contributed by atoms with van der Waals surface area (Å²) in [5.41, 5.74) is 2.45. The number of nitrogens with zero attached hydrogens (tertiary/aromatic N) is 1. The molecule has 0 unspecified atom stereocenters. The number of rotatable bonds is 8. The maximum absolute atomic E-state index is 4.27. The van der Waals surface area contributed by atoms with Gasteiger partial charge in [0.25, 0.3) is 0 Å². The van der Waals surface area contributed by atoms with Gasteiger partial charge < -0.3 is 5.32 Å². The van der Waals surface area contributed by atoms with Crippen LogP contribution in [0.5, 0.6) is 0 Å². The molecule has 0 bridgehead atoms. The lowest BCUT2D eigenvalue weighted by molar-refractivity contribution is 0.136. The molecule has 1 heterocycles. The van der Waals surface area contributed by atoms with Crippen LogP contribution in [0.1, 0.15) is 70.6 Å². The molecule has 0 radical (unpaired) electrons. The normalized spacial score (nSPS) is 26.4. The minimum Gasteiger partial charge on any atom is -0.314 e. The number of aromatic nitrogens is 1. The first-order valence-corrected chi connectivity index (χ1v) is 9.62. The zero-order valence-corrected chi connectivity index (χ0v) is 14.8. The van der Waals surface area contributed by atoms with Gasteiger partial charge in [-0.25, -0.2) is 0 Å². The highest BCUT2D eigenvalue weighted by Gasteiger charge is 2.35. The zero-order chi connectivity index (χ0) is 15.1. The number of unbranched alkanes of at least 4 members (excludes halogenated alkanes) is 1. The Hall–Kier alpha value is -0.410. The van der Waals surface area contributed by atoms with E-state index in [1.165, 1.54) is 62.8 Å². The molecule has 1 aromatic rings. The van der Waals surface area contributed by atoms with E-state index >= 15 is 0 Å². The van der Waals surface area contributed by atoms with Gasteiger partial charge in [-0.3, -0.25) is 4.98 Å². The Morgan fingerprint density at radius 2 is 2.14 bits per heavy atom. The summed E-state index contributed by atoms with van der Waals surface area (Å²) < 4.78 is 0. The van der Waals surface area contributed by atoms with Crippen LogP contribution in [0, 0.1) is 11.3 Å². The summed E-state index contributed by atoms with van der Waals surface area (Å²) in [5.74, 6) is 0.985. The van der Waals surface area contributed by atoms with Crippen molar-refractivity contribution in [3.63, 3.8) is 0 Å². The summed E-state index contributed by atoms with van der Waals surface area (Å²) >= 11 is 1.83. The molecule has 1 aromatic heterocycles. The molecule has 120 valence electrons. The molecule has 1 aliphatic carbocycles. The maximum Gasteiger partial charge on any atom is 0.0794 e. The molecule has 2 nitrogen and oxygen atoms in total. The van der Waals surface area contributed by atoms with E-state index in [0.29, 0.717) is 11.5 Å². The molecule has 3 heteroatoms. The Kier molecular flexibility index (Phi) is 6.69. The molecule has 1 saturated carbocycles. The third kappa shape index (κ3) is 5.37. The van der Waals surface area contributed by atoms with Gasteiger partial charge in [-0.2, -0.15) is 0 Å². The molecule has 1 fully saturated rings. The second kappa shape index (κ2) is 8.28. The zero-order valence-electron chi connectivity index (χ0n) is 14.0. The van der Waals surface area contributed by atoms with Crippen LogP contribution in [-0.4, -0.2) is 17.6 Å². The largest absolute Gasteiger partial charge is 0.314 e. The van der Waals surface area contributed by atoms with Crippen molar-refractivity contribution in [1.29, 1.82) is 0 Å². The number of thiazole rings is 1. The van der Waals surface area contributed by atoms with Gasteiger partial charge in [0.05, 0.1) is 5.51 Å². The summed E-state index contributed by atoms with van der Waals surface area (Å²) in [6.45, 7) is 7.99. The molecule has 0 aliphatic heterocycles. The lowest BCUT2D eigenvalue weighted by Gasteiger charge is -2.41. The monoisotopic (exact) mass is 308 g/mol. The van der Waals surface area contributed by atoms with Crippen LogP contribution in [0.25, 0.3) is 0 Å². The highest BCUT2D eigenvalue weighted by atomic mass is 32.1. The van der Waals surface area contributed by atoms with Gasteiger partial charge in [0.15, 0.2) is 0 Å². The van der Waals surface area contributed by atoms with E-state index in [0.717, 1.165) is 5.92 Å². The summed E-state index contributed by atoms with van der Waals surface area (Å²) in [7, 11) is 0. The van der Waals surface area contributed by atoms with Crippen LogP contribution in [0.4, 0.5) is 0 Å². The Bertz CT molecular complexity index is 378. The second-order valence-corrected chi connectivity index (χ2v) is 8.24. The number of hydrogen-bond donors (Lipinski definition) is 1. The summed E-state index contributed by atoms with van der Waals surface area (Å²) in [5, 5.41) is 3.71. The average molecular weight is 309 g/mol. The molecular formula is C18H32N2S. The van der Waals surface area contributed by atoms with Gasteiger partial charge in [0, 0.05) is 23.7 Å². The SMILES string of the molecule is CCCCC1CCC(CNC(C)C)(Cc2cncs2)CC1. The molecular weight excluding hydrogens is 276 g/mol. The molecule has 0 spiro atoms. The second-order valence-electron chi connectivity index (χ2n) is 7.27. The van der Waals surface area contributed by atoms with Gasteiger partial charge in [0.1, 0.15) is 0 Å². The molecule has 0 aromatic carbocycles. The first kappa shape index (κ1) is 17.0. The van der Waals surface area contributed by atoms with Crippen molar-refractivity contribution in [2.24, 2.45) is 11.3 Å². The predicted molar refractivity (Wildman–Crippen MR) is 92.9 cm³/mol. The fourth-order valence-electron chi connectivity index (χ4n) is 3.61. The Morgan fingerprint density at radius 1 is 1.38 bits per heavy atom. The molecule has 0 saturated heterocycles. The van der Waals surface area contributed by atoms with E-state index in [1.54, 1.807) is 0 Å². The summed E-state index contributed by atoms with van der Waals surface area (Å²) in [4.78, 5) is 5.73. The van der Waals surface area contributed by atoms with Crippen LogP contribution in [0.2, 0.25) is 0 Å². The summed E-state index contributed by atoms with van der Waals surface area (Å²) in [6.07, 6.45) is 13.1. The van der Waals surface area contributed by atoms with Gasteiger partial charge in [-0.1, -0.05) is 40.0 Å². The van der Waals surface area contributed by atoms with E-state index in [-0.39, 0.29) is 0 Å². The van der Waals surface area contributed by atoms with E-state index in [1.807, 2.05) is 16.8 Å². The van der Waals surface area contributed by atoms with Gasteiger partial charge >= 0.3 is 0 Å². The third-order valence-corrected chi connectivity index (χ3v) is 5.83. The van der Waals surface area contributed by atoms with Crippen molar-refractivity contribution in [2.75, 3.05) is 6.54 Å². The van der Waals surface area contributed by atoms with Crippen LogP contribution < -0.4 is 5.32 Å². The van der Waals surface area contributed by atoms with Crippen LogP contribution in [0.15, 0.2) is 11.7 Å². The van der Waals surface area contributed by atoms with Crippen LogP contribution in [0.3, 0.4) is 0 Å². The molecule has 0 atom stereocenters. The first-order chi connectivity index (χ1) is 10.1. The van der Waals surface area contributed by atoms with E-state index in [9.17, 15) is 0 Å². The van der Waals surface area contributed by atoms with Crippen molar-refractivity contribution in [3.05, 3.63) is 16.6 Å². The van der Waals surface area contributed by atoms with Crippen LogP contribution >= 0.6 is 11.3 Å². The fraction of sp³-hybridized carbons (Fsp3) is 0.833. The highest BCUT2D eigenvalue weighted by Crippen LogP contribution is 2.43. The number of hydrogen-bond acceptors (Lipinski definition) is 3. The minimum atomic E-state index is 0.472.